The van der Waals surface area contributed by atoms with Crippen LogP contribution in [0.4, 0.5) is 18.3 Å². The second-order valence-corrected chi connectivity index (χ2v) is 11.2. The molecule has 1 N–H and O–H groups in total. The van der Waals surface area contributed by atoms with Crippen molar-refractivity contribution < 1.29 is 31.2 Å². The van der Waals surface area contributed by atoms with E-state index in [1.807, 2.05) is 0 Å². The third-order valence-electron chi connectivity index (χ3n) is 5.88. The van der Waals surface area contributed by atoms with Crippen molar-refractivity contribution in [2.24, 2.45) is 5.92 Å². The maximum Gasteiger partial charge on any atom is 0.390 e. The molecule has 2 heterocycles. The molecule has 2 fully saturated rings. The zero-order chi connectivity index (χ0) is 23.4. The van der Waals surface area contributed by atoms with Gasteiger partial charge in [0.15, 0.2) is 5.13 Å². The van der Waals surface area contributed by atoms with Crippen molar-refractivity contribution in [2.45, 2.75) is 57.2 Å². The lowest BCUT2D eigenvalue weighted by molar-refractivity contribution is -0.142. The summed E-state index contributed by atoms with van der Waals surface area (Å²) in [6.45, 7) is -0.754. The van der Waals surface area contributed by atoms with Crippen molar-refractivity contribution in [1.82, 2.24) is 14.2 Å². The number of hydrogen-bond donors (Lipinski definition) is 1. The second kappa shape index (κ2) is 10.5. The van der Waals surface area contributed by atoms with Gasteiger partial charge in [-0.25, -0.2) is 13.4 Å². The summed E-state index contributed by atoms with van der Waals surface area (Å²) in [6.07, 6.45) is 1.12. The Kier molecular flexibility index (Phi) is 8.15. The standard InChI is InChI=1S/C19H27F3N4O4S2/c20-19(21,22)6-11-32(29,30)25-8-9-26(16(27)13-25)15(12-14-4-2-1-3-5-14)17(28)24-18-23-7-10-31-18/h7,10,14-15H,1-6,8-9,11-13H2,(H,23,24,28). The van der Waals surface area contributed by atoms with Crippen molar-refractivity contribution in [2.75, 3.05) is 30.7 Å². The zero-order valence-electron chi connectivity index (χ0n) is 17.5. The lowest BCUT2D eigenvalue weighted by Gasteiger charge is -2.39. The fourth-order valence-corrected chi connectivity index (χ4v) is 6.14. The maximum atomic E-state index is 13.0. The van der Waals surface area contributed by atoms with Gasteiger partial charge in [0.05, 0.1) is 18.7 Å². The first-order valence-corrected chi connectivity index (χ1v) is 13.1. The summed E-state index contributed by atoms with van der Waals surface area (Å²) >= 11 is 1.25. The number of alkyl halides is 3. The average Bonchev–Trinajstić information content (AvgIpc) is 3.24. The number of aromatic nitrogens is 1. The first-order chi connectivity index (χ1) is 15.0. The quantitative estimate of drug-likeness (QED) is 0.597. The minimum atomic E-state index is -4.60. The van der Waals surface area contributed by atoms with Crippen LogP contribution in [0.25, 0.3) is 0 Å². The van der Waals surface area contributed by atoms with Gasteiger partial charge in [-0.2, -0.15) is 17.5 Å². The van der Waals surface area contributed by atoms with Gasteiger partial charge in [-0.05, 0) is 12.3 Å². The molecule has 3 rings (SSSR count). The Hall–Kier alpha value is -1.73. The highest BCUT2D eigenvalue weighted by Crippen LogP contribution is 2.30. The molecule has 2 aliphatic rings. The average molecular weight is 497 g/mol. The number of rotatable bonds is 8. The largest absolute Gasteiger partial charge is 0.390 e. The number of carbonyl (C=O) groups is 2. The fraction of sp³-hybridized carbons (Fsp3) is 0.737. The van der Waals surface area contributed by atoms with E-state index in [1.165, 1.54) is 16.2 Å². The predicted molar refractivity (Wildman–Crippen MR) is 113 cm³/mol. The molecule has 2 amide bonds. The fourth-order valence-electron chi connectivity index (χ4n) is 4.19. The van der Waals surface area contributed by atoms with Gasteiger partial charge in [0, 0.05) is 24.7 Å². The molecule has 180 valence electrons. The predicted octanol–water partition coefficient (Wildman–Crippen LogP) is 2.85. The highest BCUT2D eigenvalue weighted by Gasteiger charge is 2.40. The number of anilines is 1. The van der Waals surface area contributed by atoms with E-state index in [2.05, 4.69) is 10.3 Å². The van der Waals surface area contributed by atoms with E-state index in [0.717, 1.165) is 36.4 Å². The van der Waals surface area contributed by atoms with E-state index >= 15 is 0 Å². The summed E-state index contributed by atoms with van der Waals surface area (Å²) in [5, 5.41) is 4.84. The molecule has 1 atom stereocenters. The Morgan fingerprint density at radius 2 is 1.97 bits per heavy atom. The van der Waals surface area contributed by atoms with E-state index < -0.39 is 46.9 Å². The van der Waals surface area contributed by atoms with E-state index in [9.17, 15) is 31.2 Å². The SMILES string of the molecule is O=C(Nc1nccs1)C(CC1CCCCC1)N1CCN(S(=O)(=O)CCC(F)(F)F)CC1=O. The molecule has 0 aromatic carbocycles. The summed E-state index contributed by atoms with van der Waals surface area (Å²) in [5.74, 6) is -1.79. The zero-order valence-corrected chi connectivity index (χ0v) is 19.1. The van der Waals surface area contributed by atoms with Gasteiger partial charge in [-0.1, -0.05) is 32.1 Å². The number of nitrogens with one attached hydrogen (secondary N) is 1. The number of nitrogens with zero attached hydrogens (tertiary/aromatic N) is 3. The number of hydrogen-bond acceptors (Lipinski definition) is 6. The van der Waals surface area contributed by atoms with E-state index in [0.29, 0.717) is 11.6 Å². The lowest BCUT2D eigenvalue weighted by Crippen LogP contribution is -2.58. The molecule has 13 heteroatoms. The third-order valence-corrected chi connectivity index (χ3v) is 8.39. The van der Waals surface area contributed by atoms with Crippen LogP contribution in [0.2, 0.25) is 0 Å². The highest BCUT2D eigenvalue weighted by atomic mass is 32.2. The van der Waals surface area contributed by atoms with Crippen LogP contribution < -0.4 is 5.32 Å². The number of thiazole rings is 1. The summed E-state index contributed by atoms with van der Waals surface area (Å²) in [5.41, 5.74) is 0. The summed E-state index contributed by atoms with van der Waals surface area (Å²) in [6, 6.07) is -0.783. The highest BCUT2D eigenvalue weighted by molar-refractivity contribution is 7.89. The maximum absolute atomic E-state index is 13.0. The van der Waals surface area contributed by atoms with Crippen LogP contribution in [0.15, 0.2) is 11.6 Å². The Bertz CT molecular complexity index is 887. The lowest BCUT2D eigenvalue weighted by atomic mass is 9.84. The van der Waals surface area contributed by atoms with Crippen LogP contribution in [0.1, 0.15) is 44.9 Å². The molecular formula is C19H27F3N4O4S2. The first kappa shape index (κ1) is 24.9. The van der Waals surface area contributed by atoms with Crippen LogP contribution in [-0.4, -0.2) is 72.0 Å². The van der Waals surface area contributed by atoms with E-state index in [-0.39, 0.29) is 24.9 Å². The summed E-state index contributed by atoms with van der Waals surface area (Å²) in [7, 11) is -4.23. The smallest absolute Gasteiger partial charge is 0.328 e. The molecule has 1 unspecified atom stereocenters. The number of sulfonamides is 1. The Morgan fingerprint density at radius 3 is 2.56 bits per heavy atom. The Labute approximate surface area is 189 Å². The molecule has 0 bridgehead atoms. The second-order valence-electron chi connectivity index (χ2n) is 8.18. The molecule has 1 aliphatic carbocycles. The first-order valence-electron chi connectivity index (χ1n) is 10.6. The monoisotopic (exact) mass is 496 g/mol. The van der Waals surface area contributed by atoms with Crippen LogP contribution in [0.5, 0.6) is 0 Å². The van der Waals surface area contributed by atoms with Crippen LogP contribution in [-0.2, 0) is 19.6 Å². The topological polar surface area (TPSA) is 99.7 Å². The van der Waals surface area contributed by atoms with Gasteiger partial charge in [-0.15, -0.1) is 11.3 Å². The normalized spacial score (nSPS) is 20.3. The van der Waals surface area contributed by atoms with Crippen molar-refractivity contribution in [3.63, 3.8) is 0 Å². The van der Waals surface area contributed by atoms with E-state index in [4.69, 9.17) is 0 Å². The molecule has 0 radical (unpaired) electrons. The van der Waals surface area contributed by atoms with E-state index in [1.54, 1.807) is 11.6 Å². The molecule has 1 aromatic rings. The third kappa shape index (κ3) is 6.88. The Morgan fingerprint density at radius 1 is 1.25 bits per heavy atom. The number of piperazine rings is 1. The van der Waals surface area contributed by atoms with Crippen LogP contribution >= 0.6 is 11.3 Å². The molecule has 32 heavy (non-hydrogen) atoms. The molecule has 8 nitrogen and oxygen atoms in total. The number of halogens is 3. The van der Waals surface area contributed by atoms with Crippen molar-refractivity contribution in [1.29, 1.82) is 0 Å². The minimum Gasteiger partial charge on any atom is -0.328 e. The molecule has 1 saturated heterocycles. The molecule has 1 aliphatic heterocycles. The minimum absolute atomic E-state index is 0.0489. The van der Waals surface area contributed by atoms with Crippen molar-refractivity contribution >= 4 is 38.3 Å². The van der Waals surface area contributed by atoms with Gasteiger partial charge in [0.25, 0.3) is 0 Å². The molecule has 1 aromatic heterocycles. The van der Waals surface area contributed by atoms with Crippen LogP contribution in [0.3, 0.4) is 0 Å². The summed E-state index contributed by atoms with van der Waals surface area (Å²) in [4.78, 5) is 31.3. The van der Waals surface area contributed by atoms with Gasteiger partial charge in [0.1, 0.15) is 6.04 Å². The summed E-state index contributed by atoms with van der Waals surface area (Å²) < 4.78 is 62.7. The van der Waals surface area contributed by atoms with Gasteiger partial charge >= 0.3 is 6.18 Å². The molecule has 0 spiro atoms. The molecular weight excluding hydrogens is 469 g/mol. The van der Waals surface area contributed by atoms with Crippen molar-refractivity contribution in [3.05, 3.63) is 11.6 Å². The Balaban J connectivity index is 1.69. The van der Waals surface area contributed by atoms with Crippen molar-refractivity contribution in [3.8, 4) is 0 Å². The van der Waals surface area contributed by atoms with Gasteiger partial charge < -0.3 is 10.2 Å². The molecule has 1 saturated carbocycles. The number of carbonyl (C=O) groups excluding carboxylic acids is 2. The van der Waals surface area contributed by atoms with Crippen LogP contribution in [0, 0.1) is 5.92 Å². The van der Waals surface area contributed by atoms with Gasteiger partial charge in [-0.3, -0.25) is 9.59 Å². The number of amides is 2. The van der Waals surface area contributed by atoms with Gasteiger partial charge in [0.2, 0.25) is 21.8 Å².